The van der Waals surface area contributed by atoms with E-state index in [0.29, 0.717) is 5.82 Å². The maximum atomic E-state index is 11.7. The molecule has 4 aromatic rings. The van der Waals surface area contributed by atoms with E-state index in [-0.39, 0.29) is 6.61 Å². The topological polar surface area (TPSA) is 84.0 Å². The highest BCUT2D eigenvalue weighted by Gasteiger charge is 2.18. The molecule has 1 aromatic carbocycles. The first-order valence-corrected chi connectivity index (χ1v) is 9.96. The van der Waals surface area contributed by atoms with Crippen LogP contribution in [0.25, 0.3) is 32.2 Å². The number of carbonyl (C=O) groups is 1. The Morgan fingerprint density at radius 1 is 1.26 bits per heavy atom. The minimum absolute atomic E-state index is 0.0666. The zero-order valence-corrected chi connectivity index (χ0v) is 16.6. The molecule has 0 radical (unpaired) electrons. The van der Waals surface area contributed by atoms with E-state index in [1.165, 1.54) is 4.90 Å². The van der Waals surface area contributed by atoms with Gasteiger partial charge in [-0.05, 0) is 19.1 Å². The molecule has 27 heavy (non-hydrogen) atoms. The van der Waals surface area contributed by atoms with Crippen LogP contribution in [-0.4, -0.2) is 45.0 Å². The Hall–Kier alpha value is -2.78. The number of nitrogens with one attached hydrogen (secondary N) is 1. The first kappa shape index (κ1) is 17.6. The first-order chi connectivity index (χ1) is 13.0. The number of aromatic nitrogens is 4. The Morgan fingerprint density at radius 2 is 2.11 bits per heavy atom. The summed E-state index contributed by atoms with van der Waals surface area (Å²) in [6, 6.07) is 6.05. The Labute approximate surface area is 163 Å². The van der Waals surface area contributed by atoms with Crippen LogP contribution < -0.4 is 0 Å². The lowest BCUT2D eigenvalue weighted by atomic mass is 10.1. The van der Waals surface area contributed by atoms with E-state index in [9.17, 15) is 4.79 Å². The minimum Gasteiger partial charge on any atom is -0.441 e. The molecule has 4 rings (SSSR count). The number of nitrogens with zero attached hydrogens (tertiary/aromatic N) is 4. The van der Waals surface area contributed by atoms with Crippen molar-refractivity contribution in [2.24, 2.45) is 0 Å². The van der Waals surface area contributed by atoms with E-state index in [2.05, 4.69) is 26.0 Å². The van der Waals surface area contributed by atoms with E-state index in [0.717, 1.165) is 37.9 Å². The number of H-pyrrole nitrogens is 1. The standard InChI is InChI=1S/C18H17N5O2S2/c1-10-8-26-17(20-10)16-15(11-4-5-12-13(6-11)27-9-19-12)21-14(22-16)7-25-18(24)23(2)3/h4-6,8-9H,7H2,1-3H3,(H,21,22). The van der Waals surface area contributed by atoms with Crippen LogP contribution in [0.3, 0.4) is 0 Å². The van der Waals surface area contributed by atoms with Crippen molar-refractivity contribution < 1.29 is 9.53 Å². The number of hydrogen-bond acceptors (Lipinski definition) is 7. The van der Waals surface area contributed by atoms with Gasteiger partial charge in [0.05, 0.1) is 21.4 Å². The van der Waals surface area contributed by atoms with E-state index in [1.54, 1.807) is 36.8 Å². The third kappa shape index (κ3) is 3.56. The number of ether oxygens (including phenoxy) is 1. The van der Waals surface area contributed by atoms with Crippen LogP contribution in [0.4, 0.5) is 4.79 Å². The van der Waals surface area contributed by atoms with E-state index >= 15 is 0 Å². The van der Waals surface area contributed by atoms with E-state index < -0.39 is 6.09 Å². The van der Waals surface area contributed by atoms with Crippen molar-refractivity contribution in [1.29, 1.82) is 0 Å². The molecule has 0 saturated heterocycles. The molecule has 9 heteroatoms. The third-order valence-corrected chi connectivity index (χ3v) is 5.66. The van der Waals surface area contributed by atoms with Crippen molar-refractivity contribution in [3.63, 3.8) is 0 Å². The van der Waals surface area contributed by atoms with Crippen molar-refractivity contribution in [3.8, 4) is 22.0 Å². The lowest BCUT2D eigenvalue weighted by Crippen LogP contribution is -2.22. The Morgan fingerprint density at radius 3 is 2.85 bits per heavy atom. The summed E-state index contributed by atoms with van der Waals surface area (Å²) in [5, 5.41) is 2.85. The minimum atomic E-state index is -0.411. The van der Waals surface area contributed by atoms with Gasteiger partial charge in [0.1, 0.15) is 16.5 Å². The van der Waals surface area contributed by atoms with Crippen LogP contribution in [0.2, 0.25) is 0 Å². The molecule has 0 spiro atoms. The third-order valence-electron chi connectivity index (χ3n) is 3.89. The number of fused-ring (bicyclic) bond motifs is 1. The molecule has 7 nitrogen and oxygen atoms in total. The van der Waals surface area contributed by atoms with Crippen molar-refractivity contribution in [2.75, 3.05) is 14.1 Å². The number of carbonyl (C=O) groups excluding carboxylic acids is 1. The van der Waals surface area contributed by atoms with Gasteiger partial charge in [0.25, 0.3) is 0 Å². The highest BCUT2D eigenvalue weighted by atomic mass is 32.1. The molecule has 3 heterocycles. The highest BCUT2D eigenvalue weighted by Crippen LogP contribution is 2.34. The second-order valence-corrected chi connectivity index (χ2v) is 7.93. The predicted octanol–water partition coefficient (Wildman–Crippen LogP) is 4.32. The summed E-state index contributed by atoms with van der Waals surface area (Å²) in [5.74, 6) is 0.576. The fourth-order valence-corrected chi connectivity index (χ4v) is 4.10. The Bertz CT molecular complexity index is 1110. The number of imidazole rings is 1. The molecule has 0 fully saturated rings. The number of hydrogen-bond donors (Lipinski definition) is 1. The SMILES string of the molecule is Cc1csc(-c2[nH]c(COC(=O)N(C)C)nc2-c2ccc3ncsc3c2)n1. The van der Waals surface area contributed by atoms with Gasteiger partial charge in [-0.3, -0.25) is 0 Å². The fraction of sp³-hybridized carbons (Fsp3) is 0.222. The number of thiazole rings is 2. The van der Waals surface area contributed by atoms with Gasteiger partial charge in [0.2, 0.25) is 0 Å². The van der Waals surface area contributed by atoms with Crippen LogP contribution in [0, 0.1) is 6.92 Å². The van der Waals surface area contributed by atoms with Gasteiger partial charge in [0.15, 0.2) is 6.61 Å². The monoisotopic (exact) mass is 399 g/mol. The zero-order chi connectivity index (χ0) is 19.0. The van der Waals surface area contributed by atoms with Gasteiger partial charge >= 0.3 is 6.09 Å². The molecule has 0 atom stereocenters. The second kappa shape index (κ2) is 7.09. The second-order valence-electron chi connectivity index (χ2n) is 6.19. The van der Waals surface area contributed by atoms with Gasteiger partial charge in [-0.25, -0.2) is 19.7 Å². The Kier molecular flexibility index (Phi) is 4.63. The molecule has 138 valence electrons. The molecule has 1 amide bonds. The lowest BCUT2D eigenvalue weighted by molar-refractivity contribution is 0.110. The molecule has 3 aromatic heterocycles. The summed E-state index contributed by atoms with van der Waals surface area (Å²) in [6.45, 7) is 2.02. The smallest absolute Gasteiger partial charge is 0.409 e. The van der Waals surface area contributed by atoms with Crippen molar-refractivity contribution in [3.05, 3.63) is 40.6 Å². The summed E-state index contributed by atoms with van der Waals surface area (Å²) in [5.41, 5.74) is 6.33. The van der Waals surface area contributed by atoms with Gasteiger partial charge in [-0.15, -0.1) is 22.7 Å². The summed E-state index contributed by atoms with van der Waals surface area (Å²) >= 11 is 3.14. The van der Waals surface area contributed by atoms with Crippen LogP contribution >= 0.6 is 22.7 Å². The zero-order valence-electron chi connectivity index (χ0n) is 15.0. The number of aromatic amines is 1. The number of amides is 1. The van der Waals surface area contributed by atoms with Crippen molar-refractivity contribution in [2.45, 2.75) is 13.5 Å². The fourth-order valence-electron chi connectivity index (χ4n) is 2.58. The van der Waals surface area contributed by atoms with E-state index in [4.69, 9.17) is 4.74 Å². The van der Waals surface area contributed by atoms with Gasteiger partial charge < -0.3 is 14.6 Å². The van der Waals surface area contributed by atoms with Crippen LogP contribution in [0.5, 0.6) is 0 Å². The van der Waals surface area contributed by atoms with Crippen LogP contribution in [0.15, 0.2) is 29.1 Å². The summed E-state index contributed by atoms with van der Waals surface area (Å²) in [4.78, 5) is 30.0. The first-order valence-electron chi connectivity index (χ1n) is 8.20. The maximum Gasteiger partial charge on any atom is 0.409 e. The van der Waals surface area contributed by atoms with Gasteiger partial charge in [-0.1, -0.05) is 6.07 Å². The summed E-state index contributed by atoms with van der Waals surface area (Å²) < 4.78 is 6.36. The maximum absolute atomic E-state index is 11.7. The summed E-state index contributed by atoms with van der Waals surface area (Å²) in [7, 11) is 3.29. The predicted molar refractivity (Wildman–Crippen MR) is 107 cm³/mol. The molecule has 0 aliphatic heterocycles. The largest absolute Gasteiger partial charge is 0.441 e. The molecule has 0 bridgehead atoms. The number of benzene rings is 1. The van der Waals surface area contributed by atoms with Crippen molar-refractivity contribution >= 4 is 39.0 Å². The van der Waals surface area contributed by atoms with Crippen LogP contribution in [-0.2, 0) is 11.3 Å². The molecule has 0 saturated carbocycles. The van der Waals surface area contributed by atoms with E-state index in [1.807, 2.05) is 29.9 Å². The quantitative estimate of drug-likeness (QED) is 0.553. The Balaban J connectivity index is 1.74. The molecular weight excluding hydrogens is 382 g/mol. The number of aryl methyl sites for hydroxylation is 1. The van der Waals surface area contributed by atoms with Crippen molar-refractivity contribution in [1.82, 2.24) is 24.8 Å². The van der Waals surface area contributed by atoms with Crippen LogP contribution in [0.1, 0.15) is 11.5 Å². The molecule has 0 unspecified atom stereocenters. The lowest BCUT2D eigenvalue weighted by Gasteiger charge is -2.09. The summed E-state index contributed by atoms with van der Waals surface area (Å²) in [6.07, 6.45) is -0.411. The average molecular weight is 400 g/mol. The highest BCUT2D eigenvalue weighted by molar-refractivity contribution is 7.16. The molecular formula is C18H17N5O2S2. The van der Waals surface area contributed by atoms with Gasteiger partial charge in [0, 0.05) is 30.7 Å². The molecule has 1 N–H and O–H groups in total. The number of rotatable bonds is 4. The average Bonchev–Trinajstić information content (AvgIpc) is 3.37. The normalized spacial score (nSPS) is 11.1. The molecule has 0 aliphatic carbocycles. The van der Waals surface area contributed by atoms with Gasteiger partial charge in [-0.2, -0.15) is 0 Å². The molecule has 0 aliphatic rings.